The lowest BCUT2D eigenvalue weighted by molar-refractivity contribution is 0.481. The zero-order valence-corrected chi connectivity index (χ0v) is 13.3. The molecule has 0 fully saturated rings. The normalized spacial score (nSPS) is 16.3. The van der Waals surface area contributed by atoms with Crippen LogP contribution in [0.15, 0.2) is 18.2 Å². The fraction of sp³-hybridized carbons (Fsp3) is 0.600. The molecule has 1 aromatic carbocycles. The van der Waals surface area contributed by atoms with Gasteiger partial charge < -0.3 is 9.74 Å². The van der Waals surface area contributed by atoms with Crippen molar-refractivity contribution in [3.8, 4) is 5.75 Å². The van der Waals surface area contributed by atoms with Crippen LogP contribution in [0.25, 0.3) is 0 Å². The monoisotopic (exact) mass is 263 g/mol. The van der Waals surface area contributed by atoms with E-state index in [2.05, 4.69) is 57.4 Å². The van der Waals surface area contributed by atoms with Gasteiger partial charge >= 0.3 is 0 Å². The molecule has 1 heterocycles. The molecule has 2 nitrogen and oxygen atoms in total. The standard InChI is InChI=1S/C15H25NOSi/c1-15(2,3)18(4,5)17-14-8-6-7-12-11-16-10-9-13(12)14/h6-8,16H,9-11H2,1-5H3. The van der Waals surface area contributed by atoms with Crippen LogP contribution < -0.4 is 9.74 Å². The molecule has 0 saturated heterocycles. The molecule has 100 valence electrons. The second kappa shape index (κ2) is 4.70. The fourth-order valence-corrected chi connectivity index (χ4v) is 3.07. The molecule has 0 aromatic heterocycles. The van der Waals surface area contributed by atoms with Crippen molar-refractivity contribution in [2.24, 2.45) is 0 Å². The topological polar surface area (TPSA) is 21.3 Å². The molecule has 3 heteroatoms. The Bertz CT molecular complexity index is 435. The van der Waals surface area contributed by atoms with Gasteiger partial charge in [-0.15, -0.1) is 0 Å². The molecule has 0 unspecified atom stereocenters. The van der Waals surface area contributed by atoms with E-state index in [1.165, 1.54) is 11.1 Å². The summed E-state index contributed by atoms with van der Waals surface area (Å²) in [5, 5.41) is 3.67. The SMILES string of the molecule is CC(C)(C)[Si](C)(C)Oc1cccc2c1CCNC2. The summed E-state index contributed by atoms with van der Waals surface area (Å²) < 4.78 is 6.48. The molecule has 1 aromatic rings. The molecule has 1 aliphatic heterocycles. The fourth-order valence-electron chi connectivity index (χ4n) is 2.02. The summed E-state index contributed by atoms with van der Waals surface area (Å²) in [7, 11) is -1.73. The summed E-state index contributed by atoms with van der Waals surface area (Å²) >= 11 is 0. The van der Waals surface area contributed by atoms with Crippen LogP contribution >= 0.6 is 0 Å². The second-order valence-corrected chi connectivity index (χ2v) is 11.4. The second-order valence-electron chi connectivity index (χ2n) is 6.68. The summed E-state index contributed by atoms with van der Waals surface area (Å²) in [6, 6.07) is 6.47. The molecule has 2 rings (SSSR count). The first-order chi connectivity index (χ1) is 8.31. The van der Waals surface area contributed by atoms with Gasteiger partial charge in [0, 0.05) is 6.54 Å². The van der Waals surface area contributed by atoms with Crippen molar-refractivity contribution in [1.82, 2.24) is 5.32 Å². The summed E-state index contributed by atoms with van der Waals surface area (Å²) in [6.45, 7) is 13.5. The predicted octanol–water partition coefficient (Wildman–Crippen LogP) is 3.72. The Morgan fingerprint density at radius 3 is 2.61 bits per heavy atom. The molecular formula is C15H25NOSi. The zero-order chi connectivity index (χ0) is 13.4. The first kappa shape index (κ1) is 13.6. The van der Waals surface area contributed by atoms with Gasteiger partial charge in [-0.2, -0.15) is 0 Å². The van der Waals surface area contributed by atoms with E-state index in [-0.39, 0.29) is 5.04 Å². The molecule has 18 heavy (non-hydrogen) atoms. The first-order valence-corrected chi connectivity index (χ1v) is 9.72. The molecule has 0 atom stereocenters. The molecule has 0 radical (unpaired) electrons. The Morgan fingerprint density at radius 1 is 1.22 bits per heavy atom. The van der Waals surface area contributed by atoms with Crippen molar-refractivity contribution < 1.29 is 4.43 Å². The third-order valence-corrected chi connectivity index (χ3v) is 8.61. The summed E-state index contributed by atoms with van der Waals surface area (Å²) in [5.41, 5.74) is 2.82. The number of nitrogens with one attached hydrogen (secondary N) is 1. The summed E-state index contributed by atoms with van der Waals surface area (Å²) in [5.74, 6) is 1.13. The predicted molar refractivity (Wildman–Crippen MR) is 79.7 cm³/mol. The highest BCUT2D eigenvalue weighted by atomic mass is 28.4. The van der Waals surface area contributed by atoms with Gasteiger partial charge in [-0.3, -0.25) is 0 Å². The van der Waals surface area contributed by atoms with Gasteiger partial charge in [0.25, 0.3) is 0 Å². The van der Waals surface area contributed by atoms with Crippen molar-refractivity contribution in [1.29, 1.82) is 0 Å². The van der Waals surface area contributed by atoms with Gasteiger partial charge in [0.2, 0.25) is 8.32 Å². The molecule has 1 N–H and O–H groups in total. The van der Waals surface area contributed by atoms with E-state index in [1.807, 2.05) is 0 Å². The van der Waals surface area contributed by atoms with Crippen LogP contribution in [0.1, 0.15) is 31.9 Å². The van der Waals surface area contributed by atoms with Crippen LogP contribution in [0.3, 0.4) is 0 Å². The van der Waals surface area contributed by atoms with Crippen LogP contribution in [-0.4, -0.2) is 14.9 Å². The lowest BCUT2D eigenvalue weighted by atomic mass is 10.0. The Balaban J connectivity index is 2.30. The quantitative estimate of drug-likeness (QED) is 0.821. The average Bonchev–Trinajstić information content (AvgIpc) is 2.27. The number of hydrogen-bond acceptors (Lipinski definition) is 2. The van der Waals surface area contributed by atoms with E-state index < -0.39 is 8.32 Å². The molecule has 0 amide bonds. The van der Waals surface area contributed by atoms with Gasteiger partial charge in [-0.25, -0.2) is 0 Å². The highest BCUT2D eigenvalue weighted by Crippen LogP contribution is 2.39. The molecule has 0 saturated carbocycles. The van der Waals surface area contributed by atoms with E-state index >= 15 is 0 Å². The molecular weight excluding hydrogens is 238 g/mol. The third kappa shape index (κ3) is 2.62. The van der Waals surface area contributed by atoms with Gasteiger partial charge in [-0.05, 0) is 48.3 Å². The highest BCUT2D eigenvalue weighted by Gasteiger charge is 2.39. The van der Waals surface area contributed by atoms with E-state index in [0.29, 0.717) is 0 Å². The zero-order valence-electron chi connectivity index (χ0n) is 12.3. The number of hydrogen-bond donors (Lipinski definition) is 1. The maximum atomic E-state index is 6.48. The molecule has 1 aliphatic rings. The van der Waals surface area contributed by atoms with Crippen molar-refractivity contribution in [3.05, 3.63) is 29.3 Å². The number of fused-ring (bicyclic) bond motifs is 1. The lowest BCUT2D eigenvalue weighted by Crippen LogP contribution is -2.44. The average molecular weight is 263 g/mol. The summed E-state index contributed by atoms with van der Waals surface area (Å²) in [4.78, 5) is 0. The van der Waals surface area contributed by atoms with Gasteiger partial charge in [-0.1, -0.05) is 32.9 Å². The number of rotatable bonds is 2. The van der Waals surface area contributed by atoms with Gasteiger partial charge in [0.05, 0.1) is 0 Å². The van der Waals surface area contributed by atoms with Gasteiger partial charge in [0.15, 0.2) is 0 Å². The highest BCUT2D eigenvalue weighted by molar-refractivity contribution is 6.74. The van der Waals surface area contributed by atoms with E-state index in [0.717, 1.165) is 25.3 Å². The molecule has 0 aliphatic carbocycles. The first-order valence-electron chi connectivity index (χ1n) is 6.82. The minimum absolute atomic E-state index is 0.253. The van der Waals surface area contributed by atoms with Crippen LogP contribution in [0.2, 0.25) is 18.1 Å². The van der Waals surface area contributed by atoms with Crippen LogP contribution in [0.4, 0.5) is 0 Å². The van der Waals surface area contributed by atoms with E-state index in [1.54, 1.807) is 0 Å². The maximum absolute atomic E-state index is 6.48. The minimum Gasteiger partial charge on any atom is -0.543 e. The van der Waals surface area contributed by atoms with Crippen molar-refractivity contribution >= 4 is 8.32 Å². The Morgan fingerprint density at radius 2 is 1.94 bits per heavy atom. The van der Waals surface area contributed by atoms with Crippen LogP contribution in [-0.2, 0) is 13.0 Å². The third-order valence-electron chi connectivity index (χ3n) is 4.27. The Hall–Kier alpha value is -0.803. The van der Waals surface area contributed by atoms with E-state index in [9.17, 15) is 0 Å². The lowest BCUT2D eigenvalue weighted by Gasteiger charge is -2.37. The molecule has 0 bridgehead atoms. The minimum atomic E-state index is -1.73. The van der Waals surface area contributed by atoms with Crippen molar-refractivity contribution in [3.63, 3.8) is 0 Å². The van der Waals surface area contributed by atoms with Crippen molar-refractivity contribution in [2.75, 3.05) is 6.54 Å². The summed E-state index contributed by atoms with van der Waals surface area (Å²) in [6.07, 6.45) is 1.08. The van der Waals surface area contributed by atoms with E-state index in [4.69, 9.17) is 4.43 Å². The van der Waals surface area contributed by atoms with Gasteiger partial charge in [0.1, 0.15) is 5.75 Å². The van der Waals surface area contributed by atoms with Crippen LogP contribution in [0, 0.1) is 0 Å². The van der Waals surface area contributed by atoms with Crippen molar-refractivity contribution in [2.45, 2.75) is 51.9 Å². The Kier molecular flexibility index (Phi) is 3.56. The number of benzene rings is 1. The van der Waals surface area contributed by atoms with Crippen LogP contribution in [0.5, 0.6) is 5.75 Å². The smallest absolute Gasteiger partial charge is 0.250 e. The molecule has 0 spiro atoms. The largest absolute Gasteiger partial charge is 0.543 e. The Labute approximate surface area is 112 Å². The maximum Gasteiger partial charge on any atom is 0.250 e.